The van der Waals surface area contributed by atoms with Crippen LogP contribution in [0, 0.1) is 6.58 Å². The quantitative estimate of drug-likeness (QED) is 0.0439. The van der Waals surface area contributed by atoms with Crippen LogP contribution in [0.1, 0.15) is 75.1 Å². The van der Waals surface area contributed by atoms with Crippen LogP contribution in [0.25, 0.3) is 22.5 Å². The molecule has 290 valence electrons. The van der Waals surface area contributed by atoms with Crippen LogP contribution >= 0.6 is 0 Å². The van der Waals surface area contributed by atoms with Gasteiger partial charge in [0.2, 0.25) is 0 Å². The van der Waals surface area contributed by atoms with Gasteiger partial charge in [-0.2, -0.15) is 0 Å². The maximum atomic E-state index is 11.8. The molecule has 2 aliphatic heterocycles. The Balaban J connectivity index is 1.37. The Morgan fingerprint density at radius 2 is 0.833 bits per heavy atom. The van der Waals surface area contributed by atoms with E-state index >= 15 is 0 Å². The molecule has 60 heavy (non-hydrogen) atoms. The van der Waals surface area contributed by atoms with Gasteiger partial charge in [-0.3, -0.25) is 18.4 Å². The van der Waals surface area contributed by atoms with Crippen LogP contribution in [0.2, 0.25) is 0 Å². The van der Waals surface area contributed by atoms with Crippen molar-refractivity contribution in [3.63, 3.8) is 0 Å². The molecule has 0 aliphatic carbocycles. The van der Waals surface area contributed by atoms with Gasteiger partial charge >= 0.3 is 263 Å². The number of aliphatic imine (C=N–C) groups is 2. The number of H-pyrrole nitrogens is 1. The number of aromatic amines is 1. The molecule has 0 atom stereocenters. The Morgan fingerprint density at radius 3 is 1.22 bits per heavy atom. The van der Waals surface area contributed by atoms with Gasteiger partial charge in [0, 0.05) is 0 Å². The van der Waals surface area contributed by atoms with Crippen molar-refractivity contribution in [3.05, 3.63) is 225 Å². The van der Waals surface area contributed by atoms with Gasteiger partial charge in [-0.15, -0.1) is 0 Å². The average molecular weight is 844 g/mol. The van der Waals surface area contributed by atoms with E-state index in [1.165, 1.54) is 36.4 Å². The summed E-state index contributed by atoms with van der Waals surface area (Å²) in [6.07, 6.45) is 8.35. The first-order chi connectivity index (χ1) is 28.8. The Bertz CT molecular complexity index is 2870. The molecule has 4 aromatic carbocycles. The number of benzene rings is 4. The normalized spacial score (nSPS) is 15.2. The van der Waals surface area contributed by atoms with Crippen molar-refractivity contribution < 1.29 is 57.5 Å². The summed E-state index contributed by atoms with van der Waals surface area (Å²) in [6.45, 7) is 5.82. The molecule has 7 rings (SSSR count). The van der Waals surface area contributed by atoms with E-state index in [2.05, 4.69) is 4.98 Å². The summed E-state index contributed by atoms with van der Waals surface area (Å²) in [7, 11) is 0. The molecule has 13 heteroatoms. The number of allylic oxidation sites excluding steroid dienone is 6. The zero-order valence-electron chi connectivity index (χ0n) is 31.4. The number of carboxylic acids is 4. The molecule has 0 saturated carbocycles. The number of carbonyl (C=O) groups is 4. The second-order valence-corrected chi connectivity index (χ2v) is 14.9. The van der Waals surface area contributed by atoms with Gasteiger partial charge in [-0.25, -0.2) is 9.59 Å². The molecule has 5 aromatic rings. The predicted octanol–water partition coefficient (Wildman–Crippen LogP) is 8.57. The fourth-order valence-electron chi connectivity index (χ4n) is 6.70. The van der Waals surface area contributed by atoms with E-state index < -0.39 is 23.9 Å². The Morgan fingerprint density at radius 1 is 0.500 bits per heavy atom. The number of hydrogen-bond acceptors (Lipinski definition) is 6. The van der Waals surface area contributed by atoms with Crippen molar-refractivity contribution in [2.45, 2.75) is 0 Å². The van der Waals surface area contributed by atoms with Crippen LogP contribution in [-0.2, 0) is 17.9 Å². The molecule has 0 unspecified atom stereocenters. The summed E-state index contributed by atoms with van der Waals surface area (Å²) in [4.78, 5) is 60.0. The standard InChI is InChI=1S/C47H31N4O8.Zn/c1-2-35(48)41(27-7-13-31(14-8-27)45(54)55)36-21-22-39(50-36)43(29-11-17-33(18-12-29)47(58)59)40-24-23-38(51-40)42(28-9-15-32(16-10-28)46(56)57)37-20-19-34(49-37)25-26-3-5-30(6-4-26)44(52)53;/h1-24H,(H7,48,49,50,51,52,53,54,55,56,57,58,59);/q-1;/p-1. The van der Waals surface area contributed by atoms with E-state index in [1.807, 2.05) is 24.3 Å². The van der Waals surface area contributed by atoms with Crippen LogP contribution in [0.15, 0.2) is 167 Å². The van der Waals surface area contributed by atoms with E-state index in [4.69, 9.17) is 22.3 Å². The van der Waals surface area contributed by atoms with Crippen molar-refractivity contribution in [2.24, 2.45) is 9.98 Å². The van der Waals surface area contributed by atoms with E-state index in [0.717, 1.165) is 33.6 Å². The number of aromatic nitrogens is 1. The van der Waals surface area contributed by atoms with Crippen LogP contribution in [0.4, 0.5) is 0 Å². The third kappa shape index (κ3) is 8.24. The summed E-state index contributed by atoms with van der Waals surface area (Å²) < 4.78 is 0.929. The molecule has 0 amide bonds. The fourth-order valence-corrected chi connectivity index (χ4v) is 7.61. The van der Waals surface area contributed by atoms with Crippen LogP contribution in [0.5, 0.6) is 0 Å². The fraction of sp³-hybridized carbons (Fsp3) is 0. The van der Waals surface area contributed by atoms with Crippen molar-refractivity contribution in [3.8, 4) is 0 Å². The van der Waals surface area contributed by atoms with Crippen molar-refractivity contribution in [2.75, 3.05) is 0 Å². The second-order valence-electron chi connectivity index (χ2n) is 13.4. The second kappa shape index (κ2) is 16.9. The van der Waals surface area contributed by atoms with Gasteiger partial charge < -0.3 is 15.9 Å². The number of carboxylic acid groups (broad SMARTS) is 4. The molecule has 0 saturated heterocycles. The van der Waals surface area contributed by atoms with Gasteiger partial charge in [0.15, 0.2) is 0 Å². The molecule has 12 nitrogen and oxygen atoms in total. The number of hydrogen-bond donors (Lipinski definition) is 5. The minimum absolute atomic E-state index is 0.0425. The molecular formula is C47H30N4O8Zn-2. The summed E-state index contributed by atoms with van der Waals surface area (Å²) in [5, 5.41) is 38.1. The van der Waals surface area contributed by atoms with Crippen molar-refractivity contribution >= 4 is 56.1 Å². The maximum absolute atomic E-state index is 11.8. The number of rotatable bonds is 13. The van der Waals surface area contributed by atoms with Gasteiger partial charge in [-0.05, 0) is 17.7 Å². The first kappa shape index (κ1) is 40.3. The topological polar surface area (TPSA) is 214 Å². The van der Waals surface area contributed by atoms with Crippen LogP contribution in [-0.4, -0.2) is 64.8 Å². The molecule has 0 spiro atoms. The minimum Gasteiger partial charge on any atom is -0.478 e. The molecular weight excluding hydrogens is 814 g/mol. The number of nitrogens with one attached hydrogen (secondary N) is 2. The molecule has 6 N–H and O–H groups in total. The summed E-state index contributed by atoms with van der Waals surface area (Å²) in [5.74, 6) is -4.28. The first-order valence-corrected chi connectivity index (χ1v) is 19.6. The predicted molar refractivity (Wildman–Crippen MR) is 224 cm³/mol. The van der Waals surface area contributed by atoms with E-state index in [0.29, 0.717) is 67.6 Å². The molecule has 1 aromatic heterocycles. The average Bonchev–Trinajstić information content (AvgIpc) is 4.05. The molecule has 2 aliphatic rings. The van der Waals surface area contributed by atoms with Gasteiger partial charge in [-0.1, -0.05) is 17.7 Å². The minimum atomic E-state index is -1.09. The zero-order chi connectivity index (χ0) is 42.7. The Kier molecular flexibility index (Phi) is 11.4. The summed E-state index contributed by atoms with van der Waals surface area (Å²) >= 11 is 0.724. The van der Waals surface area contributed by atoms with Gasteiger partial charge in [0.05, 0.1) is 11.1 Å². The van der Waals surface area contributed by atoms with Gasteiger partial charge in [0.25, 0.3) is 0 Å². The molecule has 3 heterocycles. The monoisotopic (exact) mass is 842 g/mol. The third-order valence-corrected chi connectivity index (χ3v) is 11.4. The third-order valence-electron chi connectivity index (χ3n) is 9.76. The zero-order valence-corrected chi connectivity index (χ0v) is 34.3. The SMILES string of the molecule is [CH-]=C/C([NH-])=C(C1=N/C(=C(/c2ccc(C(=O)O)cc2)c2ccc(/C(=C3/C=CC([C](=[Zn])c4ccc(C(=O)O)cc4)=N3)c3ccc(C(=O)O)cc3)[nH]2)C=C1)\c1ccc(C(=O)O)cc1. The molecule has 0 bridgehead atoms. The summed E-state index contributed by atoms with van der Waals surface area (Å²) in [5.41, 5.74) is 16.7. The van der Waals surface area contributed by atoms with Crippen molar-refractivity contribution in [1.82, 2.24) is 4.98 Å². The first-order valence-electron chi connectivity index (χ1n) is 18.1. The van der Waals surface area contributed by atoms with Crippen molar-refractivity contribution in [1.29, 1.82) is 0 Å². The molecule has 0 radical (unpaired) electrons. The van der Waals surface area contributed by atoms with Crippen LogP contribution in [0.3, 0.4) is 0 Å². The Labute approximate surface area is 352 Å². The Hall–Kier alpha value is -7.89. The van der Waals surface area contributed by atoms with Crippen LogP contribution < -0.4 is 0 Å². The smallest absolute Gasteiger partial charge is 0.478 e. The van der Waals surface area contributed by atoms with Gasteiger partial charge in [0.1, 0.15) is 0 Å². The molecule has 0 fully saturated rings. The number of nitrogens with zero attached hydrogens (tertiary/aromatic N) is 2. The number of aromatic carboxylic acids is 4. The van der Waals surface area contributed by atoms with E-state index in [1.54, 1.807) is 72.8 Å². The summed E-state index contributed by atoms with van der Waals surface area (Å²) in [6, 6.07) is 29.1. The van der Waals surface area contributed by atoms with E-state index in [9.17, 15) is 39.6 Å². The van der Waals surface area contributed by atoms with E-state index in [-0.39, 0.29) is 28.0 Å².